The van der Waals surface area contributed by atoms with Gasteiger partial charge in [0.2, 0.25) is 16.0 Å². The lowest BCUT2D eigenvalue weighted by Crippen LogP contribution is -2.42. The van der Waals surface area contributed by atoms with Crippen LogP contribution >= 0.6 is 0 Å². The van der Waals surface area contributed by atoms with Gasteiger partial charge in [0.05, 0.1) is 22.5 Å². The van der Waals surface area contributed by atoms with Gasteiger partial charge >= 0.3 is 6.18 Å². The van der Waals surface area contributed by atoms with E-state index < -0.39 is 33.0 Å². The molecule has 0 radical (unpaired) electrons. The molecule has 0 fully saturated rings. The summed E-state index contributed by atoms with van der Waals surface area (Å²) in [6, 6.07) is 7.36. The number of aromatic nitrogens is 4. The quantitative estimate of drug-likeness (QED) is 0.427. The largest absolute Gasteiger partial charge is 0.404 e. The minimum absolute atomic E-state index is 0.0360. The molecule has 3 aromatic heterocycles. The van der Waals surface area contributed by atoms with Crippen molar-refractivity contribution in [2.24, 2.45) is 0 Å². The van der Waals surface area contributed by atoms with Crippen LogP contribution in [0.4, 0.5) is 17.6 Å². The van der Waals surface area contributed by atoms with Gasteiger partial charge in [-0.05, 0) is 43.3 Å². The summed E-state index contributed by atoms with van der Waals surface area (Å²) in [5.74, 6) is -0.435. The van der Waals surface area contributed by atoms with Gasteiger partial charge in [-0.3, -0.25) is 9.55 Å². The number of nitrogens with one attached hydrogen (secondary N) is 1. The van der Waals surface area contributed by atoms with Gasteiger partial charge in [0.1, 0.15) is 22.8 Å². The smallest absolute Gasteiger partial charge is 0.275 e. The number of halogens is 4. The van der Waals surface area contributed by atoms with Gasteiger partial charge < -0.3 is 0 Å². The molecule has 4 rings (SSSR count). The summed E-state index contributed by atoms with van der Waals surface area (Å²) in [5.41, 5.74) is 0.700. The fourth-order valence-corrected chi connectivity index (χ4v) is 4.45. The molecular weight excluding hydrogens is 476 g/mol. The predicted molar refractivity (Wildman–Crippen MR) is 113 cm³/mol. The second-order valence-electron chi connectivity index (χ2n) is 7.14. The Bertz CT molecular complexity index is 1510. The van der Waals surface area contributed by atoms with Crippen molar-refractivity contribution in [3.05, 3.63) is 66.4 Å². The molecule has 0 spiro atoms. The summed E-state index contributed by atoms with van der Waals surface area (Å²) in [6.45, 7) is 0.677. The Morgan fingerprint density at radius 2 is 1.82 bits per heavy atom. The van der Waals surface area contributed by atoms with Crippen LogP contribution in [0.3, 0.4) is 0 Å². The molecule has 0 aliphatic heterocycles. The summed E-state index contributed by atoms with van der Waals surface area (Å²) in [7, 11) is -4.53. The molecule has 0 amide bonds. The Balaban J connectivity index is 1.87. The van der Waals surface area contributed by atoms with Crippen molar-refractivity contribution in [1.82, 2.24) is 24.2 Å². The molecule has 0 aliphatic rings. The number of fused-ring (bicyclic) bond motifs is 1. The number of hydrogen-bond donors (Lipinski definition) is 1. The van der Waals surface area contributed by atoms with E-state index in [4.69, 9.17) is 0 Å². The first-order chi connectivity index (χ1) is 16.0. The zero-order valence-corrected chi connectivity index (χ0v) is 18.1. The lowest BCUT2D eigenvalue weighted by Gasteiger charge is -2.17. The Labute approximate surface area is 190 Å². The van der Waals surface area contributed by atoms with Crippen LogP contribution in [-0.2, 0) is 10.0 Å². The van der Waals surface area contributed by atoms with Gasteiger partial charge in [0, 0.05) is 24.0 Å². The van der Waals surface area contributed by atoms with Gasteiger partial charge in [-0.25, -0.2) is 22.8 Å². The van der Waals surface area contributed by atoms with Gasteiger partial charge in [0.25, 0.3) is 0 Å². The number of pyridine rings is 1. The van der Waals surface area contributed by atoms with E-state index in [1.807, 2.05) is 6.07 Å². The minimum atomic E-state index is -4.77. The standard InChI is InChI=1S/C21H14F4N6O2S/c1-12(21(23,24)25)30-34(32,33)14-4-5-17(29-11-14)19-16(10-26)15-9-13(22)3-6-18(15)31(19)20-27-7-2-8-28-20/h2-9,11-12,30H,1H3/t12-/m1/s1. The minimum Gasteiger partial charge on any atom is -0.275 e. The molecule has 0 saturated carbocycles. The third-order valence-corrected chi connectivity index (χ3v) is 6.43. The fourth-order valence-electron chi connectivity index (χ4n) is 3.28. The van der Waals surface area contributed by atoms with Gasteiger partial charge in [0.15, 0.2) is 0 Å². The van der Waals surface area contributed by atoms with Gasteiger partial charge in [-0.1, -0.05) is 0 Å². The fraction of sp³-hybridized carbons (Fsp3) is 0.143. The maximum atomic E-state index is 14.0. The van der Waals surface area contributed by atoms with Crippen LogP contribution in [0.1, 0.15) is 12.5 Å². The van der Waals surface area contributed by atoms with Crippen LogP contribution in [0.2, 0.25) is 0 Å². The number of benzene rings is 1. The second-order valence-corrected chi connectivity index (χ2v) is 8.86. The van der Waals surface area contributed by atoms with E-state index in [-0.39, 0.29) is 28.3 Å². The summed E-state index contributed by atoms with van der Waals surface area (Å²) in [4.78, 5) is 11.9. The van der Waals surface area contributed by atoms with Crippen molar-refractivity contribution in [3.63, 3.8) is 0 Å². The number of hydrogen-bond acceptors (Lipinski definition) is 6. The van der Waals surface area contributed by atoms with Crippen molar-refractivity contribution < 1.29 is 26.0 Å². The molecule has 1 N–H and O–H groups in total. The molecule has 0 saturated heterocycles. The van der Waals surface area contributed by atoms with E-state index in [2.05, 4.69) is 15.0 Å². The molecule has 3 heterocycles. The Kier molecular flexibility index (Phi) is 5.80. The molecular formula is C21H14F4N6O2S. The number of nitriles is 1. The first kappa shape index (κ1) is 23.3. The molecule has 34 heavy (non-hydrogen) atoms. The van der Waals surface area contributed by atoms with E-state index in [1.54, 1.807) is 10.8 Å². The summed E-state index contributed by atoms with van der Waals surface area (Å²) in [6.07, 6.45) is -0.974. The van der Waals surface area contributed by atoms with Crippen LogP contribution < -0.4 is 4.72 Å². The molecule has 174 valence electrons. The molecule has 0 bridgehead atoms. The van der Waals surface area contributed by atoms with Crippen molar-refractivity contribution in [2.75, 3.05) is 0 Å². The highest BCUT2D eigenvalue weighted by molar-refractivity contribution is 7.89. The highest BCUT2D eigenvalue weighted by Crippen LogP contribution is 2.35. The number of rotatable bonds is 5. The van der Waals surface area contributed by atoms with E-state index in [9.17, 15) is 31.2 Å². The molecule has 4 aromatic rings. The van der Waals surface area contributed by atoms with E-state index in [0.29, 0.717) is 12.4 Å². The van der Waals surface area contributed by atoms with Crippen molar-refractivity contribution in [2.45, 2.75) is 24.0 Å². The first-order valence-electron chi connectivity index (χ1n) is 9.60. The van der Waals surface area contributed by atoms with E-state index in [0.717, 1.165) is 18.3 Å². The highest BCUT2D eigenvalue weighted by atomic mass is 32.2. The molecule has 0 unspecified atom stereocenters. The zero-order chi connectivity index (χ0) is 24.7. The van der Waals surface area contributed by atoms with Crippen LogP contribution in [0.25, 0.3) is 28.2 Å². The van der Waals surface area contributed by atoms with Crippen LogP contribution in [0, 0.1) is 17.1 Å². The van der Waals surface area contributed by atoms with Gasteiger partial charge in [-0.15, -0.1) is 0 Å². The molecule has 8 nitrogen and oxygen atoms in total. The highest BCUT2D eigenvalue weighted by Gasteiger charge is 2.39. The van der Waals surface area contributed by atoms with Gasteiger partial charge in [-0.2, -0.15) is 23.2 Å². The average Bonchev–Trinajstić information content (AvgIpc) is 3.12. The summed E-state index contributed by atoms with van der Waals surface area (Å²) >= 11 is 0. The topological polar surface area (TPSA) is 114 Å². The maximum Gasteiger partial charge on any atom is 0.404 e. The van der Waals surface area contributed by atoms with E-state index in [1.165, 1.54) is 35.2 Å². The number of sulfonamides is 1. The van der Waals surface area contributed by atoms with Crippen LogP contribution in [-0.4, -0.2) is 40.2 Å². The lowest BCUT2D eigenvalue weighted by atomic mass is 10.1. The van der Waals surface area contributed by atoms with Crippen molar-refractivity contribution in [1.29, 1.82) is 5.26 Å². The van der Waals surface area contributed by atoms with Crippen molar-refractivity contribution in [3.8, 4) is 23.4 Å². The summed E-state index contributed by atoms with van der Waals surface area (Å²) in [5, 5.41) is 10.1. The number of alkyl halides is 3. The van der Waals surface area contributed by atoms with Crippen LogP contribution in [0.15, 0.2) is 59.9 Å². The van der Waals surface area contributed by atoms with Crippen molar-refractivity contribution >= 4 is 20.9 Å². The molecule has 13 heteroatoms. The Morgan fingerprint density at radius 3 is 2.41 bits per heavy atom. The molecule has 0 aliphatic carbocycles. The zero-order valence-electron chi connectivity index (χ0n) is 17.2. The summed E-state index contributed by atoms with van der Waals surface area (Å²) < 4.78 is 80.0. The second kappa shape index (κ2) is 8.47. The average molecular weight is 490 g/mol. The van der Waals surface area contributed by atoms with E-state index >= 15 is 0 Å². The Morgan fingerprint density at radius 1 is 1.12 bits per heavy atom. The first-order valence-corrected chi connectivity index (χ1v) is 11.1. The predicted octanol–water partition coefficient (Wildman–Crippen LogP) is 3.72. The Hall–Kier alpha value is -3.89. The third-order valence-electron chi connectivity index (χ3n) is 4.91. The molecule has 1 aromatic carbocycles. The van der Waals surface area contributed by atoms with Crippen LogP contribution in [0.5, 0.6) is 0 Å². The monoisotopic (exact) mass is 490 g/mol. The third kappa shape index (κ3) is 4.20. The normalized spacial score (nSPS) is 13.1. The molecule has 1 atom stereocenters. The lowest BCUT2D eigenvalue weighted by molar-refractivity contribution is -0.147. The number of nitrogens with zero attached hydrogens (tertiary/aromatic N) is 5. The SMILES string of the molecule is C[C@@H](NS(=O)(=O)c1ccc(-c2c(C#N)c3cc(F)ccc3n2-c2ncccn2)nc1)C(F)(F)F. The maximum absolute atomic E-state index is 14.0.